The van der Waals surface area contributed by atoms with Gasteiger partial charge in [-0.05, 0) is 78.6 Å². The average molecular weight is 647 g/mol. The van der Waals surface area contributed by atoms with Crippen molar-refractivity contribution in [2.45, 2.75) is 64.0 Å². The number of piperidine rings is 1. The molecule has 1 saturated heterocycles. The Kier molecular flexibility index (Phi) is 10.4. The zero-order valence-electron chi connectivity index (χ0n) is 25.3. The molecule has 2 aromatic heterocycles. The normalized spacial score (nSPS) is 14.3. The van der Waals surface area contributed by atoms with Crippen LogP contribution in [0.1, 0.15) is 47.5 Å². The third kappa shape index (κ3) is 9.11. The number of thiazole rings is 1. The molecule has 0 saturated carbocycles. The van der Waals surface area contributed by atoms with E-state index in [-0.39, 0.29) is 46.3 Å². The van der Waals surface area contributed by atoms with Gasteiger partial charge in [0.25, 0.3) is 0 Å². The highest BCUT2D eigenvalue weighted by Crippen LogP contribution is 2.39. The van der Waals surface area contributed by atoms with Crippen molar-refractivity contribution in [2.75, 3.05) is 30.3 Å². The minimum absolute atomic E-state index is 0.0702. The molecule has 1 fully saturated rings. The van der Waals surface area contributed by atoms with E-state index in [0.29, 0.717) is 15.4 Å². The quantitative estimate of drug-likeness (QED) is 0.208. The van der Waals surface area contributed by atoms with Gasteiger partial charge in [-0.3, -0.25) is 10.6 Å². The number of aromatic nitrogens is 2. The highest BCUT2D eigenvalue weighted by atomic mass is 32.2. The Hall–Kier alpha value is -3.79. The van der Waals surface area contributed by atoms with Crippen LogP contribution in [0.15, 0.2) is 41.6 Å². The Morgan fingerprint density at radius 1 is 1.07 bits per heavy atom. The number of pyridine rings is 1. The van der Waals surface area contributed by atoms with Gasteiger partial charge in [0, 0.05) is 29.1 Å². The van der Waals surface area contributed by atoms with Gasteiger partial charge in [-0.1, -0.05) is 6.07 Å². The SMILES string of the molecule is CC(C)OC(=O)Nc1cnc(-c2ncc(-c3ccc(NC(=O)OCC4CCNCC4)cc3S(=O)(=O)NC(C)(C)C)s2)c(O)c1. The number of anilines is 2. The maximum absolute atomic E-state index is 13.6. The van der Waals surface area contributed by atoms with Gasteiger partial charge in [0.05, 0.1) is 34.4 Å². The molecule has 238 valence electrons. The van der Waals surface area contributed by atoms with E-state index in [1.807, 2.05) is 0 Å². The molecule has 1 aliphatic heterocycles. The minimum Gasteiger partial charge on any atom is -0.505 e. The number of hydrogen-bond acceptors (Lipinski definition) is 11. The number of ether oxygens (including phenoxy) is 2. The van der Waals surface area contributed by atoms with Crippen LogP contribution in [0.2, 0.25) is 0 Å². The highest BCUT2D eigenvalue weighted by Gasteiger charge is 2.27. The predicted molar refractivity (Wildman–Crippen MR) is 168 cm³/mol. The Balaban J connectivity index is 1.59. The smallest absolute Gasteiger partial charge is 0.411 e. The molecule has 2 amide bonds. The fourth-order valence-corrected chi connectivity index (χ4v) is 7.13. The first kappa shape index (κ1) is 33.1. The summed E-state index contributed by atoms with van der Waals surface area (Å²) in [5.74, 6) is 0.0395. The Bertz CT molecular complexity index is 1600. The molecule has 13 nitrogen and oxygen atoms in total. The van der Waals surface area contributed by atoms with Crippen LogP contribution >= 0.6 is 11.3 Å². The molecule has 0 atom stereocenters. The Morgan fingerprint density at radius 2 is 1.77 bits per heavy atom. The Labute approximate surface area is 260 Å². The van der Waals surface area contributed by atoms with Crippen LogP contribution in [0.4, 0.5) is 21.0 Å². The minimum atomic E-state index is -4.06. The van der Waals surface area contributed by atoms with Crippen LogP contribution in [0.5, 0.6) is 5.75 Å². The van der Waals surface area contributed by atoms with Gasteiger partial charge >= 0.3 is 12.2 Å². The lowest BCUT2D eigenvalue weighted by molar-refractivity contribution is 0.129. The summed E-state index contributed by atoms with van der Waals surface area (Å²) in [5.41, 5.74) is 0.192. The van der Waals surface area contributed by atoms with E-state index in [1.54, 1.807) is 46.8 Å². The maximum atomic E-state index is 13.6. The molecule has 1 aliphatic rings. The molecule has 0 aliphatic carbocycles. The van der Waals surface area contributed by atoms with Crippen LogP contribution in [-0.4, -0.2) is 67.0 Å². The first-order valence-electron chi connectivity index (χ1n) is 14.2. The molecule has 0 radical (unpaired) electrons. The van der Waals surface area contributed by atoms with E-state index in [4.69, 9.17) is 9.47 Å². The van der Waals surface area contributed by atoms with Crippen molar-refractivity contribution in [3.05, 3.63) is 36.7 Å². The van der Waals surface area contributed by atoms with Gasteiger partial charge in [0.15, 0.2) is 0 Å². The number of hydrogen-bond donors (Lipinski definition) is 5. The number of nitrogens with zero attached hydrogens (tertiary/aromatic N) is 2. The van der Waals surface area contributed by atoms with Gasteiger partial charge < -0.3 is 19.9 Å². The molecule has 4 rings (SSSR count). The van der Waals surface area contributed by atoms with E-state index in [0.717, 1.165) is 37.3 Å². The van der Waals surface area contributed by atoms with Crippen LogP contribution < -0.4 is 20.7 Å². The largest absolute Gasteiger partial charge is 0.505 e. The topological polar surface area (TPSA) is 181 Å². The first-order valence-corrected chi connectivity index (χ1v) is 16.5. The second kappa shape index (κ2) is 13.9. The Morgan fingerprint density at radius 3 is 2.43 bits per heavy atom. The lowest BCUT2D eigenvalue weighted by Crippen LogP contribution is -2.40. The van der Waals surface area contributed by atoms with E-state index in [2.05, 4.69) is 30.6 Å². The second-order valence-electron chi connectivity index (χ2n) is 11.7. The standard InChI is InChI=1S/C29H38N6O7S2/c1-17(2)42-28(38)34-20-12-22(36)25(31-14-20)26-32-15-23(43-26)21-7-6-19(13-24(21)44(39,40)35-29(3,4)5)33-27(37)41-16-18-8-10-30-11-9-18/h6-7,12-15,17-18,30,35-36H,8-11,16H2,1-5H3,(H,33,37)(H,34,38). The fraction of sp³-hybridized carbons (Fsp3) is 0.448. The van der Waals surface area contributed by atoms with E-state index < -0.39 is 27.7 Å². The monoisotopic (exact) mass is 646 g/mol. The molecule has 15 heteroatoms. The van der Waals surface area contributed by atoms with Crippen molar-refractivity contribution >= 4 is 44.9 Å². The summed E-state index contributed by atoms with van der Waals surface area (Å²) in [6, 6.07) is 5.86. The number of benzene rings is 1. The number of amides is 2. The van der Waals surface area contributed by atoms with Gasteiger partial charge in [-0.15, -0.1) is 11.3 Å². The third-order valence-electron chi connectivity index (χ3n) is 6.30. The molecule has 0 spiro atoms. The summed E-state index contributed by atoms with van der Waals surface area (Å²) in [6.45, 7) is 10.6. The van der Waals surface area contributed by atoms with Crippen LogP contribution in [0.25, 0.3) is 21.1 Å². The van der Waals surface area contributed by atoms with Gasteiger partial charge in [-0.2, -0.15) is 0 Å². The van der Waals surface area contributed by atoms with E-state index in [9.17, 15) is 23.1 Å². The first-order chi connectivity index (χ1) is 20.7. The second-order valence-corrected chi connectivity index (χ2v) is 14.4. The van der Waals surface area contributed by atoms with Crippen molar-refractivity contribution in [1.29, 1.82) is 0 Å². The number of sulfonamides is 1. The number of carbonyl (C=O) groups excluding carboxylic acids is 2. The number of nitrogens with one attached hydrogen (secondary N) is 4. The van der Waals surface area contributed by atoms with Crippen LogP contribution in [0.3, 0.4) is 0 Å². The predicted octanol–water partition coefficient (Wildman–Crippen LogP) is 5.16. The molecular formula is C29H38N6O7S2. The van der Waals surface area contributed by atoms with Crippen molar-refractivity contribution < 1.29 is 32.6 Å². The molecule has 44 heavy (non-hydrogen) atoms. The maximum Gasteiger partial charge on any atom is 0.411 e. The lowest BCUT2D eigenvalue weighted by Gasteiger charge is -2.22. The van der Waals surface area contributed by atoms with Gasteiger partial charge in [0.1, 0.15) is 16.5 Å². The van der Waals surface area contributed by atoms with Crippen molar-refractivity contribution in [3.63, 3.8) is 0 Å². The summed E-state index contributed by atoms with van der Waals surface area (Å²) < 4.78 is 40.2. The molecule has 0 unspecified atom stereocenters. The average Bonchev–Trinajstić information content (AvgIpc) is 3.40. The molecule has 0 bridgehead atoms. The lowest BCUT2D eigenvalue weighted by atomic mass is 9.99. The number of rotatable bonds is 9. The summed E-state index contributed by atoms with van der Waals surface area (Å²) in [6.07, 6.45) is 3.00. The van der Waals surface area contributed by atoms with Crippen molar-refractivity contribution in [1.82, 2.24) is 20.0 Å². The molecule has 5 N–H and O–H groups in total. The van der Waals surface area contributed by atoms with Crippen LogP contribution in [-0.2, 0) is 19.5 Å². The summed E-state index contributed by atoms with van der Waals surface area (Å²) >= 11 is 1.12. The van der Waals surface area contributed by atoms with Crippen molar-refractivity contribution in [3.8, 4) is 26.9 Å². The van der Waals surface area contributed by atoms with Crippen molar-refractivity contribution in [2.24, 2.45) is 5.92 Å². The zero-order chi connectivity index (χ0) is 32.1. The van der Waals surface area contributed by atoms with E-state index >= 15 is 0 Å². The molecule has 1 aromatic carbocycles. The summed E-state index contributed by atoms with van der Waals surface area (Å²) in [4.78, 5) is 33.4. The highest BCUT2D eigenvalue weighted by molar-refractivity contribution is 7.89. The third-order valence-corrected chi connectivity index (χ3v) is 9.13. The zero-order valence-corrected chi connectivity index (χ0v) is 26.9. The van der Waals surface area contributed by atoms with Gasteiger partial charge in [-0.25, -0.2) is 32.7 Å². The summed E-state index contributed by atoms with van der Waals surface area (Å²) in [5, 5.41) is 19.4. The fourth-order valence-electron chi connectivity index (χ4n) is 4.44. The van der Waals surface area contributed by atoms with Crippen LogP contribution in [0, 0.1) is 5.92 Å². The van der Waals surface area contributed by atoms with E-state index in [1.165, 1.54) is 24.5 Å². The number of aromatic hydroxyl groups is 1. The molecule has 3 aromatic rings. The van der Waals surface area contributed by atoms with Gasteiger partial charge in [0.2, 0.25) is 10.0 Å². The number of carbonyl (C=O) groups is 2. The molecule has 3 heterocycles. The summed E-state index contributed by atoms with van der Waals surface area (Å²) in [7, 11) is -4.06. The molecular weight excluding hydrogens is 608 g/mol.